The van der Waals surface area contributed by atoms with E-state index in [4.69, 9.17) is 5.11 Å². The number of carbonyl (C=O) groups is 1. The first-order chi connectivity index (χ1) is 14.2. The highest BCUT2D eigenvalue weighted by Gasteiger charge is 2.30. The number of nitrogens with one attached hydrogen (secondary N) is 1. The number of alkyl halides is 2. The number of carbonyl (C=O) groups excluding carboxylic acids is 1. The third-order valence-electron chi connectivity index (χ3n) is 4.47. The summed E-state index contributed by atoms with van der Waals surface area (Å²) in [6.07, 6.45) is 0. The van der Waals surface area contributed by atoms with Crippen LogP contribution in [0.25, 0.3) is 5.69 Å². The summed E-state index contributed by atoms with van der Waals surface area (Å²) < 4.78 is 42.2. The number of nitrogens with zero attached hydrogens (tertiary/aromatic N) is 2. The van der Waals surface area contributed by atoms with E-state index < -0.39 is 35.9 Å². The van der Waals surface area contributed by atoms with E-state index in [0.717, 1.165) is 16.8 Å². The van der Waals surface area contributed by atoms with Crippen LogP contribution < -0.4 is 10.9 Å². The standard InChI is InChI=1S/C21H18F3N3O3/c1-13(14-5-4-6-15(11-14)21(23,24)12-28)25-20(30)17-9-10-19(29)27(26-17)18-8-3-2-7-16(18)22/h2-11,13,28H,12H2,1H3,(H,25,30)/t13-/m1/s1. The van der Waals surface area contributed by atoms with Gasteiger partial charge in [-0.15, -0.1) is 0 Å². The molecule has 1 heterocycles. The lowest BCUT2D eigenvalue weighted by atomic mass is 10.0. The number of halogens is 3. The first-order valence-corrected chi connectivity index (χ1v) is 8.98. The monoisotopic (exact) mass is 417 g/mol. The van der Waals surface area contributed by atoms with Crippen molar-refractivity contribution in [3.63, 3.8) is 0 Å². The molecule has 2 N–H and O–H groups in total. The van der Waals surface area contributed by atoms with Gasteiger partial charge < -0.3 is 10.4 Å². The fourth-order valence-corrected chi connectivity index (χ4v) is 2.81. The minimum absolute atomic E-state index is 0.107. The fraction of sp³-hybridized carbons (Fsp3) is 0.190. The van der Waals surface area contributed by atoms with E-state index in [-0.39, 0.29) is 16.9 Å². The molecule has 156 valence electrons. The first-order valence-electron chi connectivity index (χ1n) is 8.98. The van der Waals surface area contributed by atoms with Gasteiger partial charge in [0.1, 0.15) is 23.8 Å². The Morgan fingerprint density at radius 2 is 1.90 bits per heavy atom. The van der Waals surface area contributed by atoms with Crippen molar-refractivity contribution in [3.8, 4) is 5.69 Å². The zero-order chi connectivity index (χ0) is 21.9. The zero-order valence-corrected chi connectivity index (χ0v) is 15.8. The summed E-state index contributed by atoms with van der Waals surface area (Å²) in [5.41, 5.74) is -0.874. The van der Waals surface area contributed by atoms with E-state index in [1.807, 2.05) is 0 Å². The summed E-state index contributed by atoms with van der Waals surface area (Å²) >= 11 is 0. The number of hydrogen-bond acceptors (Lipinski definition) is 4. The van der Waals surface area contributed by atoms with E-state index in [1.54, 1.807) is 13.0 Å². The summed E-state index contributed by atoms with van der Waals surface area (Å²) in [6, 6.07) is 12.4. The number of aliphatic hydroxyl groups excluding tert-OH is 1. The Balaban J connectivity index is 1.85. The van der Waals surface area contributed by atoms with Gasteiger partial charge in [-0.25, -0.2) is 4.39 Å². The van der Waals surface area contributed by atoms with Crippen molar-refractivity contribution in [1.29, 1.82) is 0 Å². The van der Waals surface area contributed by atoms with E-state index in [2.05, 4.69) is 10.4 Å². The van der Waals surface area contributed by atoms with Crippen LogP contribution >= 0.6 is 0 Å². The second-order valence-corrected chi connectivity index (χ2v) is 6.60. The smallest absolute Gasteiger partial charge is 0.295 e. The summed E-state index contributed by atoms with van der Waals surface area (Å²) in [5, 5.41) is 15.4. The van der Waals surface area contributed by atoms with Gasteiger partial charge in [-0.05, 0) is 36.8 Å². The highest BCUT2D eigenvalue weighted by atomic mass is 19.3. The van der Waals surface area contributed by atoms with Gasteiger partial charge in [0.15, 0.2) is 0 Å². The van der Waals surface area contributed by atoms with Crippen LogP contribution in [0, 0.1) is 5.82 Å². The number of aromatic nitrogens is 2. The Kier molecular flexibility index (Phi) is 6.02. The van der Waals surface area contributed by atoms with Crippen molar-refractivity contribution in [3.05, 3.63) is 93.7 Å². The molecule has 9 heteroatoms. The van der Waals surface area contributed by atoms with Crippen LogP contribution in [0.1, 0.15) is 34.6 Å². The van der Waals surface area contributed by atoms with Crippen LogP contribution in [0.2, 0.25) is 0 Å². The topological polar surface area (TPSA) is 84.2 Å². The minimum atomic E-state index is -3.41. The van der Waals surface area contributed by atoms with E-state index in [0.29, 0.717) is 5.56 Å². The Morgan fingerprint density at radius 1 is 1.17 bits per heavy atom. The molecular formula is C21H18F3N3O3. The Labute approximate surface area is 169 Å². The van der Waals surface area contributed by atoms with Gasteiger partial charge in [-0.3, -0.25) is 9.59 Å². The quantitative estimate of drug-likeness (QED) is 0.646. The Hall–Kier alpha value is -3.46. The predicted octanol–water partition coefficient (Wildman–Crippen LogP) is 2.95. The van der Waals surface area contributed by atoms with Gasteiger partial charge in [-0.1, -0.05) is 30.3 Å². The highest BCUT2D eigenvalue weighted by Crippen LogP contribution is 2.29. The maximum atomic E-state index is 14.0. The van der Waals surface area contributed by atoms with Crippen molar-refractivity contribution in [2.75, 3.05) is 6.61 Å². The molecule has 3 rings (SSSR count). The van der Waals surface area contributed by atoms with E-state index in [1.165, 1.54) is 42.5 Å². The number of para-hydroxylation sites is 1. The normalized spacial score (nSPS) is 12.4. The van der Waals surface area contributed by atoms with Crippen LogP contribution in [0.3, 0.4) is 0 Å². The van der Waals surface area contributed by atoms with Gasteiger partial charge in [0, 0.05) is 11.6 Å². The summed E-state index contributed by atoms with van der Waals surface area (Å²) in [7, 11) is 0. The molecule has 2 aromatic carbocycles. The third kappa shape index (κ3) is 4.41. The van der Waals surface area contributed by atoms with Crippen molar-refractivity contribution in [2.45, 2.75) is 18.9 Å². The molecule has 0 saturated heterocycles. The van der Waals surface area contributed by atoms with Crippen molar-refractivity contribution in [1.82, 2.24) is 15.1 Å². The van der Waals surface area contributed by atoms with Gasteiger partial charge in [-0.2, -0.15) is 18.6 Å². The number of rotatable bonds is 6. The molecule has 6 nitrogen and oxygen atoms in total. The number of hydrogen-bond donors (Lipinski definition) is 2. The maximum absolute atomic E-state index is 14.0. The van der Waals surface area contributed by atoms with Crippen molar-refractivity contribution >= 4 is 5.91 Å². The van der Waals surface area contributed by atoms with Crippen LogP contribution in [-0.2, 0) is 5.92 Å². The minimum Gasteiger partial charge on any atom is -0.390 e. The van der Waals surface area contributed by atoms with Crippen LogP contribution in [0.5, 0.6) is 0 Å². The van der Waals surface area contributed by atoms with Crippen LogP contribution in [-0.4, -0.2) is 27.4 Å². The number of aliphatic hydroxyl groups is 1. The molecular weight excluding hydrogens is 399 g/mol. The van der Waals surface area contributed by atoms with Crippen LogP contribution in [0.4, 0.5) is 13.2 Å². The molecule has 30 heavy (non-hydrogen) atoms. The number of amides is 1. The summed E-state index contributed by atoms with van der Waals surface area (Å²) in [4.78, 5) is 24.6. The molecule has 0 aliphatic carbocycles. The van der Waals surface area contributed by atoms with Crippen molar-refractivity contribution in [2.24, 2.45) is 0 Å². The predicted molar refractivity (Wildman–Crippen MR) is 103 cm³/mol. The summed E-state index contributed by atoms with van der Waals surface area (Å²) in [5.74, 6) is -4.76. The second-order valence-electron chi connectivity index (χ2n) is 6.60. The van der Waals surface area contributed by atoms with E-state index >= 15 is 0 Å². The lowest BCUT2D eigenvalue weighted by Crippen LogP contribution is -2.31. The molecule has 0 fully saturated rings. The third-order valence-corrected chi connectivity index (χ3v) is 4.47. The Morgan fingerprint density at radius 3 is 2.60 bits per heavy atom. The molecule has 0 bridgehead atoms. The molecule has 0 saturated carbocycles. The Bertz CT molecular complexity index is 1130. The lowest BCUT2D eigenvalue weighted by Gasteiger charge is -2.18. The molecule has 0 aliphatic rings. The molecule has 0 spiro atoms. The second kappa shape index (κ2) is 8.50. The lowest BCUT2D eigenvalue weighted by molar-refractivity contribution is -0.0556. The first kappa shape index (κ1) is 21.3. The number of benzene rings is 2. The molecule has 0 radical (unpaired) electrons. The fourth-order valence-electron chi connectivity index (χ4n) is 2.81. The van der Waals surface area contributed by atoms with Gasteiger partial charge >= 0.3 is 0 Å². The largest absolute Gasteiger partial charge is 0.390 e. The molecule has 1 atom stereocenters. The summed E-state index contributed by atoms with van der Waals surface area (Å²) in [6.45, 7) is 0.250. The molecule has 3 aromatic rings. The average molecular weight is 417 g/mol. The molecule has 0 unspecified atom stereocenters. The van der Waals surface area contributed by atoms with Gasteiger partial charge in [0.05, 0.1) is 6.04 Å². The molecule has 0 aliphatic heterocycles. The van der Waals surface area contributed by atoms with Crippen molar-refractivity contribution < 1.29 is 23.1 Å². The average Bonchev–Trinajstić information content (AvgIpc) is 2.74. The van der Waals surface area contributed by atoms with E-state index in [9.17, 15) is 22.8 Å². The van der Waals surface area contributed by atoms with Crippen LogP contribution in [0.15, 0.2) is 65.5 Å². The highest BCUT2D eigenvalue weighted by molar-refractivity contribution is 5.92. The molecule has 1 aromatic heterocycles. The zero-order valence-electron chi connectivity index (χ0n) is 15.8. The van der Waals surface area contributed by atoms with Gasteiger partial charge in [0.25, 0.3) is 17.4 Å². The molecule has 1 amide bonds. The SMILES string of the molecule is C[C@@H](NC(=O)c1ccc(=O)n(-c2ccccc2F)n1)c1cccc(C(F)(F)CO)c1. The maximum Gasteiger partial charge on any atom is 0.295 e. The van der Waals surface area contributed by atoms with Gasteiger partial charge in [0.2, 0.25) is 0 Å².